The maximum Gasteiger partial charge on any atom is 0.333 e. The maximum absolute atomic E-state index is 15.7. The minimum atomic E-state index is -3.70. The average Bonchev–Trinajstić information content (AvgIpc) is 1.56. The summed E-state index contributed by atoms with van der Waals surface area (Å²) in [5.41, 5.74) is 4.87. The highest BCUT2D eigenvalue weighted by molar-refractivity contribution is 7.19. The van der Waals surface area contributed by atoms with Crippen LogP contribution in [0.4, 0.5) is 17.6 Å². The van der Waals surface area contributed by atoms with Crippen molar-refractivity contribution in [2.75, 3.05) is 110 Å². The summed E-state index contributed by atoms with van der Waals surface area (Å²) in [7, 11) is 11.3. The predicted octanol–water partition coefficient (Wildman–Crippen LogP) is 19.7. The summed E-state index contributed by atoms with van der Waals surface area (Å²) in [6.07, 6.45) is 22.1. The molecular weight excluding hydrogens is 2010 g/mol. The molecule has 4 amide bonds. The van der Waals surface area contributed by atoms with Gasteiger partial charge in [-0.3, -0.25) is 39.1 Å². The van der Waals surface area contributed by atoms with E-state index in [2.05, 4.69) is 88.5 Å². The lowest BCUT2D eigenvalue weighted by molar-refractivity contribution is -0.119. The van der Waals surface area contributed by atoms with Gasteiger partial charge >= 0.3 is 5.92 Å². The van der Waals surface area contributed by atoms with Gasteiger partial charge in [-0.1, -0.05) is 127 Å². The third kappa shape index (κ3) is 24.4. The number of methoxy groups -OCH3 is 8. The van der Waals surface area contributed by atoms with Crippen molar-refractivity contribution in [2.45, 2.75) is 139 Å². The number of carbonyl (C=O) groups is 4. The van der Waals surface area contributed by atoms with Gasteiger partial charge in [0.25, 0.3) is 0 Å². The molecule has 0 spiro atoms. The zero-order valence-corrected chi connectivity index (χ0v) is 86.9. The summed E-state index contributed by atoms with van der Waals surface area (Å²) in [4.78, 5) is 66.3. The van der Waals surface area contributed by atoms with E-state index in [0.29, 0.717) is 152 Å². The van der Waals surface area contributed by atoms with Crippen LogP contribution in [0.15, 0.2) is 152 Å². The molecule has 4 aliphatic heterocycles. The monoisotopic (exact) mass is 2120 g/mol. The molecule has 10 atom stereocenters. The zero-order chi connectivity index (χ0) is 104. The van der Waals surface area contributed by atoms with Crippen LogP contribution in [0.1, 0.15) is 131 Å². The molecule has 10 unspecified atom stereocenters. The smallest absolute Gasteiger partial charge is 0.333 e. The molecule has 4 aromatic carbocycles. The number of ether oxygens (including phenoxy) is 12. The lowest BCUT2D eigenvalue weighted by Crippen LogP contribution is -2.45. The van der Waals surface area contributed by atoms with Crippen LogP contribution in [-0.2, 0) is 99.2 Å². The number of rotatable bonds is 32. The van der Waals surface area contributed by atoms with Gasteiger partial charge < -0.3 is 92.7 Å². The molecule has 6 aromatic heterocycles. The minimum Gasteiger partial charge on any atom is -0.495 e. The lowest BCUT2D eigenvalue weighted by Gasteiger charge is -2.31. The predicted molar refractivity (Wildman–Crippen MR) is 547 cm³/mol. The van der Waals surface area contributed by atoms with E-state index in [9.17, 15) is 29.4 Å². The number of nitrogens with zero attached hydrogens (tertiary/aromatic N) is 4. The van der Waals surface area contributed by atoms with Crippen molar-refractivity contribution in [3.63, 3.8) is 0 Å². The summed E-state index contributed by atoms with van der Waals surface area (Å²) in [6, 6.07) is 16.5. The summed E-state index contributed by atoms with van der Waals surface area (Å²) < 4.78 is 133. The van der Waals surface area contributed by atoms with Gasteiger partial charge in [0, 0.05) is 167 Å². The number of alkyl halides is 2. The number of allylic oxidation sites excluding steroid dienone is 1. The molecule has 4 saturated heterocycles. The van der Waals surface area contributed by atoms with Crippen LogP contribution in [0.3, 0.4) is 0 Å². The number of hydrogen-bond donors (Lipinski definition) is 6. The van der Waals surface area contributed by atoms with E-state index in [-0.39, 0.29) is 127 Å². The van der Waals surface area contributed by atoms with Crippen LogP contribution in [0, 0.1) is 35.3 Å². The van der Waals surface area contributed by atoms with Crippen molar-refractivity contribution in [3.8, 4) is 46.0 Å². The third-order valence-electron chi connectivity index (χ3n) is 26.8. The molecule has 10 aromatic rings. The van der Waals surface area contributed by atoms with Crippen molar-refractivity contribution >= 4 is 138 Å². The fourth-order valence-corrected chi connectivity index (χ4v) is 22.3. The molecular formula is C106H114Cl6F4N8O19S. The second-order valence-electron chi connectivity index (χ2n) is 36.2. The fourth-order valence-electron chi connectivity index (χ4n) is 18.7. The molecule has 38 heteroatoms. The first-order valence-electron chi connectivity index (χ1n) is 46.2. The Morgan fingerprint density at radius 2 is 0.750 bits per heavy atom. The molecule has 27 nitrogen and oxygen atoms in total. The van der Waals surface area contributed by atoms with E-state index in [1.165, 1.54) is 109 Å². The zero-order valence-electron chi connectivity index (χ0n) is 81.5. The molecule has 768 valence electrons. The first kappa shape index (κ1) is 110. The van der Waals surface area contributed by atoms with Crippen molar-refractivity contribution < 1.29 is 108 Å². The molecule has 16 rings (SSSR count). The number of carbonyl (C=O) groups excluding carboxylic acids is 4. The summed E-state index contributed by atoms with van der Waals surface area (Å²) in [6.45, 7) is 25.7. The molecule has 144 heavy (non-hydrogen) atoms. The van der Waals surface area contributed by atoms with Gasteiger partial charge in [0.05, 0.1) is 135 Å². The van der Waals surface area contributed by atoms with Crippen molar-refractivity contribution in [3.05, 3.63) is 267 Å². The van der Waals surface area contributed by atoms with Crippen molar-refractivity contribution in [1.82, 2.24) is 41.2 Å². The van der Waals surface area contributed by atoms with Crippen LogP contribution in [0.2, 0.25) is 30.1 Å². The van der Waals surface area contributed by atoms with E-state index in [1.54, 1.807) is 57.8 Å². The molecule has 6 N–H and O–H groups in total. The maximum atomic E-state index is 15.7. The topological polar surface area (TPSA) is 332 Å². The number of aromatic nitrogens is 4. The van der Waals surface area contributed by atoms with Crippen LogP contribution < -0.4 is 59.2 Å². The van der Waals surface area contributed by atoms with Crippen molar-refractivity contribution in [2.24, 2.45) is 23.7 Å². The Kier molecular flexibility index (Phi) is 36.8. The number of amides is 4. The fraction of sp³-hybridized carbons (Fsp3) is 0.396. The molecule has 0 saturated carbocycles. The highest BCUT2D eigenvalue weighted by Crippen LogP contribution is 2.55. The second kappa shape index (κ2) is 48.1. The van der Waals surface area contributed by atoms with Gasteiger partial charge in [-0.15, -0.1) is 11.3 Å². The van der Waals surface area contributed by atoms with Gasteiger partial charge in [-0.25, -0.2) is 8.78 Å². The van der Waals surface area contributed by atoms with Crippen LogP contribution >= 0.6 is 80.9 Å². The van der Waals surface area contributed by atoms with Crippen molar-refractivity contribution in [1.29, 1.82) is 0 Å². The van der Waals surface area contributed by atoms with E-state index < -0.39 is 51.1 Å². The normalized spacial score (nSPS) is 19.4. The molecule has 10 heterocycles. The number of hydrogen-bond acceptors (Lipinski definition) is 24. The SMILES string of the molecule is C=CC(=O)NC1CCOCC1Cc1cc2c(cn1)CC(C(C)(C)c1c(Cl)c(OC)cc(OC)c1Cl)=C2.C=CC(=O)NC1CCOCC1Cc1cc2c(cn1)CC(C(C)(O)c1c(F)c(OC)cc(OC)c1F)=C2.C=CC(=O)NC1CCOCC1Cc1cc2cc(C(C)(O)c3c(Cl)c(OC)cc(OC)c3Cl)sc2cn1.C=CC(=O)NC1CCOCC1Cc1cc2cc(C(F)(F)c3c(Cl)c(OC)cc(OC)c3Cl)oc2cn1. The molecule has 2 aliphatic carbocycles. The number of pyridine rings is 4. The van der Waals surface area contributed by atoms with Gasteiger partial charge in [-0.2, -0.15) is 8.78 Å². The molecule has 0 radical (unpaired) electrons. The van der Waals surface area contributed by atoms with Gasteiger partial charge in [0.2, 0.25) is 23.6 Å². The van der Waals surface area contributed by atoms with Crippen LogP contribution in [0.25, 0.3) is 33.2 Å². The molecule has 4 fully saturated rings. The quantitative estimate of drug-likeness (QED) is 0.0168. The Morgan fingerprint density at radius 3 is 1.12 bits per heavy atom. The lowest BCUT2D eigenvalue weighted by atomic mass is 9.76. The number of furan rings is 1. The summed E-state index contributed by atoms with van der Waals surface area (Å²) in [5, 5.41) is 37.1. The number of aliphatic hydroxyl groups is 2. The van der Waals surface area contributed by atoms with Gasteiger partial charge in [0.15, 0.2) is 34.5 Å². The average molecular weight is 2120 g/mol. The molecule has 6 aliphatic rings. The van der Waals surface area contributed by atoms with Crippen LogP contribution in [-0.4, -0.2) is 188 Å². The number of nitrogens with one attached hydrogen (secondary N) is 4. The Labute approximate surface area is 866 Å². The Hall–Kier alpha value is -11.1. The summed E-state index contributed by atoms with van der Waals surface area (Å²) >= 11 is 40.5. The Morgan fingerprint density at radius 1 is 0.424 bits per heavy atom. The standard InChI is InChI=1S/C28H32Cl2N2O4.C27H30F2N2O5.C26H28Cl2N2O5S.C25H24Cl2F2N2O5/c1-6-24(33)32-21-7-8-36-15-18(21)12-20-11-16-9-19(10-17(16)14-31-20)28(2,3)25-26(29)22(34-4)13-23(35-5)27(25)30;1-5-23(32)31-20-6-7-36-14-17(20)11-19-10-15-8-18(9-16(15)13-30-19)27(2,33)24-25(28)21(34-3)12-22(35-4)26(24)29;1-5-22(31)30-17-6-7-35-13-15(17)9-16-8-14-10-21(36-20(14)12-29-16)26(2,32)23-24(27)18(33-3)11-19(34-4)25(23)28;1-4-21(32)31-16-5-6-35-12-14(16)8-15-7-13-9-20(36-19(13)11-30-15)25(28,29)22-23(26)17(33-2)10-18(34-3)24(22)27/h6,9,11,13-14,18,21H,1,7-8,10,12,15H2,2-5H3,(H,32,33);5,8,10,12-13,17,20,33H,1,6-7,9,11,14H2,2-4H3,(H,31,32);5,8,10-12,15,17,32H,1,6-7,9,13H2,2-4H3,(H,30,31);4,7,9-11,14,16H,1,5-6,8,12H2,2-3H3,(H,31,32). The first-order chi connectivity index (χ1) is 68.7. The number of fused-ring (bicyclic) bond motifs is 4. The minimum absolute atomic E-state index is 0.00663. The highest BCUT2D eigenvalue weighted by atomic mass is 35.5. The van der Waals surface area contributed by atoms with E-state index in [1.807, 2.05) is 24.4 Å². The number of benzene rings is 4. The molecule has 0 bridgehead atoms. The Balaban J connectivity index is 0.000000161. The van der Waals surface area contributed by atoms with E-state index in [0.717, 1.165) is 80.3 Å². The second-order valence-corrected chi connectivity index (χ2v) is 39.5. The summed E-state index contributed by atoms with van der Waals surface area (Å²) in [5.74, 6) is -5.65. The number of thiophene rings is 1. The third-order valence-corrected chi connectivity index (χ3v) is 30.3. The van der Waals surface area contributed by atoms with E-state index in [4.69, 9.17) is 136 Å². The number of halogens is 10. The van der Waals surface area contributed by atoms with Crippen LogP contribution in [0.5, 0.6) is 46.0 Å². The first-order valence-corrected chi connectivity index (χ1v) is 49.3. The van der Waals surface area contributed by atoms with Gasteiger partial charge in [0.1, 0.15) is 45.7 Å². The largest absolute Gasteiger partial charge is 0.495 e. The highest BCUT2D eigenvalue weighted by Gasteiger charge is 2.46. The van der Waals surface area contributed by atoms with Gasteiger partial charge in [-0.05, 0) is 172 Å². The Bertz CT molecular complexity index is 6060. The van der Waals surface area contributed by atoms with E-state index >= 15 is 17.6 Å².